The monoisotopic (exact) mass is 318 g/mol. The maximum atomic E-state index is 13.8. The number of hydrogen-bond donors (Lipinski definition) is 2. The summed E-state index contributed by atoms with van der Waals surface area (Å²) in [4.78, 5) is -0.204. The SMILES string of the molecule is COc1c(N)cc(S(=O)(=O)N2CCC(C(C)O)C2)cc1F. The molecule has 1 aliphatic rings. The molecule has 0 saturated carbocycles. The number of aliphatic hydroxyl groups excluding tert-OH is 1. The van der Waals surface area contributed by atoms with Gasteiger partial charge in [0.05, 0.1) is 23.8 Å². The molecule has 1 fully saturated rings. The van der Waals surface area contributed by atoms with Crippen molar-refractivity contribution >= 4 is 15.7 Å². The van der Waals surface area contributed by atoms with Crippen LogP contribution in [0.15, 0.2) is 17.0 Å². The molecule has 0 radical (unpaired) electrons. The van der Waals surface area contributed by atoms with Gasteiger partial charge < -0.3 is 15.6 Å². The fourth-order valence-corrected chi connectivity index (χ4v) is 4.03. The van der Waals surface area contributed by atoms with E-state index < -0.39 is 21.9 Å². The Morgan fingerprint density at radius 1 is 1.52 bits per heavy atom. The number of ether oxygens (including phenoxy) is 1. The standard InChI is InChI=1S/C13H19FN2O4S/c1-8(17)9-3-4-16(7-9)21(18,19)10-5-11(14)13(20-2)12(15)6-10/h5-6,8-9,17H,3-4,7,15H2,1-2H3. The van der Waals surface area contributed by atoms with E-state index in [0.29, 0.717) is 13.0 Å². The van der Waals surface area contributed by atoms with Crippen LogP contribution in [0.25, 0.3) is 0 Å². The second-order valence-electron chi connectivity index (χ2n) is 5.18. The molecule has 8 heteroatoms. The van der Waals surface area contributed by atoms with Gasteiger partial charge >= 0.3 is 0 Å². The molecule has 118 valence electrons. The second kappa shape index (κ2) is 5.78. The molecule has 2 unspecified atom stereocenters. The molecule has 0 amide bonds. The third-order valence-electron chi connectivity index (χ3n) is 3.76. The first-order valence-electron chi connectivity index (χ1n) is 6.58. The van der Waals surface area contributed by atoms with Crippen LogP contribution in [-0.4, -0.2) is 44.1 Å². The minimum absolute atomic E-state index is 0.0673. The zero-order valence-electron chi connectivity index (χ0n) is 11.9. The Labute approximate surface area is 123 Å². The largest absolute Gasteiger partial charge is 0.492 e. The summed E-state index contributed by atoms with van der Waals surface area (Å²) in [7, 11) is -2.57. The van der Waals surface area contributed by atoms with Crippen molar-refractivity contribution in [3.8, 4) is 5.75 Å². The fourth-order valence-electron chi connectivity index (χ4n) is 2.47. The van der Waals surface area contributed by atoms with E-state index in [4.69, 9.17) is 10.5 Å². The van der Waals surface area contributed by atoms with Gasteiger partial charge in [-0.15, -0.1) is 0 Å². The Morgan fingerprint density at radius 3 is 2.67 bits per heavy atom. The van der Waals surface area contributed by atoms with Crippen LogP contribution in [0.2, 0.25) is 0 Å². The van der Waals surface area contributed by atoms with Gasteiger partial charge in [0, 0.05) is 13.1 Å². The topological polar surface area (TPSA) is 92.9 Å². The number of halogens is 1. The molecular formula is C13H19FN2O4S. The van der Waals surface area contributed by atoms with Crippen molar-refractivity contribution in [2.24, 2.45) is 5.92 Å². The van der Waals surface area contributed by atoms with Crippen LogP contribution >= 0.6 is 0 Å². The number of sulfonamides is 1. The molecule has 1 heterocycles. The quantitative estimate of drug-likeness (QED) is 0.801. The maximum Gasteiger partial charge on any atom is 0.243 e. The van der Waals surface area contributed by atoms with Crippen molar-refractivity contribution < 1.29 is 22.7 Å². The van der Waals surface area contributed by atoms with Gasteiger partial charge in [-0.3, -0.25) is 0 Å². The van der Waals surface area contributed by atoms with Crippen LogP contribution in [0.4, 0.5) is 10.1 Å². The zero-order chi connectivity index (χ0) is 15.8. The van der Waals surface area contributed by atoms with Crippen molar-refractivity contribution in [3.05, 3.63) is 17.9 Å². The van der Waals surface area contributed by atoms with Crippen molar-refractivity contribution in [2.75, 3.05) is 25.9 Å². The lowest BCUT2D eigenvalue weighted by molar-refractivity contribution is 0.133. The number of hydrogen-bond acceptors (Lipinski definition) is 5. The maximum absolute atomic E-state index is 13.8. The highest BCUT2D eigenvalue weighted by Gasteiger charge is 2.35. The summed E-state index contributed by atoms with van der Waals surface area (Å²) in [5.41, 5.74) is 5.55. The molecule has 0 aliphatic carbocycles. The molecule has 1 aliphatic heterocycles. The number of methoxy groups -OCH3 is 1. The van der Waals surface area contributed by atoms with Gasteiger partial charge in [-0.2, -0.15) is 4.31 Å². The first kappa shape index (κ1) is 16.0. The summed E-state index contributed by atoms with van der Waals surface area (Å²) in [5, 5.41) is 9.54. The smallest absolute Gasteiger partial charge is 0.243 e. The van der Waals surface area contributed by atoms with Crippen molar-refractivity contribution in [3.63, 3.8) is 0 Å². The lowest BCUT2D eigenvalue weighted by atomic mass is 10.0. The first-order valence-corrected chi connectivity index (χ1v) is 8.02. The van der Waals surface area contributed by atoms with E-state index >= 15 is 0 Å². The van der Waals surface area contributed by atoms with E-state index in [9.17, 15) is 17.9 Å². The summed E-state index contributed by atoms with van der Waals surface area (Å²) >= 11 is 0. The van der Waals surface area contributed by atoms with Crippen molar-refractivity contribution in [1.29, 1.82) is 0 Å². The van der Waals surface area contributed by atoms with Crippen LogP contribution in [0.3, 0.4) is 0 Å². The molecular weight excluding hydrogens is 299 g/mol. The molecule has 1 aromatic carbocycles. The van der Waals surface area contributed by atoms with E-state index in [1.54, 1.807) is 6.92 Å². The minimum Gasteiger partial charge on any atom is -0.492 e. The lowest BCUT2D eigenvalue weighted by Crippen LogP contribution is -2.30. The van der Waals surface area contributed by atoms with Gasteiger partial charge in [0.15, 0.2) is 11.6 Å². The number of nitrogens with zero attached hydrogens (tertiary/aromatic N) is 1. The van der Waals surface area contributed by atoms with E-state index in [1.807, 2.05) is 0 Å². The first-order chi connectivity index (χ1) is 9.77. The lowest BCUT2D eigenvalue weighted by Gasteiger charge is -2.18. The molecule has 6 nitrogen and oxygen atoms in total. The van der Waals surface area contributed by atoms with Crippen molar-refractivity contribution in [1.82, 2.24) is 4.31 Å². The van der Waals surface area contributed by atoms with Crippen molar-refractivity contribution in [2.45, 2.75) is 24.3 Å². The number of rotatable bonds is 4. The molecule has 2 rings (SSSR count). The van der Waals surface area contributed by atoms with Gasteiger partial charge in [0.2, 0.25) is 10.0 Å². The number of nitrogens with two attached hydrogens (primary N) is 1. The Bertz CT molecular complexity index is 610. The molecule has 0 bridgehead atoms. The van der Waals surface area contributed by atoms with Gasteiger partial charge in [-0.05, 0) is 31.4 Å². The minimum atomic E-state index is -3.83. The Kier molecular flexibility index (Phi) is 4.40. The van der Waals surface area contributed by atoms with Gasteiger partial charge in [-0.1, -0.05) is 0 Å². The van der Waals surface area contributed by atoms with E-state index in [2.05, 4.69) is 0 Å². The zero-order valence-corrected chi connectivity index (χ0v) is 12.7. The molecule has 21 heavy (non-hydrogen) atoms. The predicted octanol–water partition coefficient (Wildman–Crippen LogP) is 0.808. The third-order valence-corrected chi connectivity index (χ3v) is 5.60. The highest BCUT2D eigenvalue weighted by Crippen LogP contribution is 2.32. The number of nitrogen functional groups attached to an aromatic ring is 1. The predicted molar refractivity (Wildman–Crippen MR) is 75.9 cm³/mol. The van der Waals surface area contributed by atoms with E-state index in [1.165, 1.54) is 17.5 Å². The third kappa shape index (κ3) is 2.97. The summed E-state index contributed by atoms with van der Waals surface area (Å²) < 4.78 is 44.8. The molecule has 2 atom stereocenters. The van der Waals surface area contributed by atoms with Crippen LogP contribution in [0, 0.1) is 11.7 Å². The molecule has 0 aromatic heterocycles. The number of anilines is 1. The van der Waals surface area contributed by atoms with Gasteiger partial charge in [0.25, 0.3) is 0 Å². The molecule has 3 N–H and O–H groups in total. The molecule has 1 saturated heterocycles. The average molecular weight is 318 g/mol. The van der Waals surface area contributed by atoms with Gasteiger partial charge in [-0.25, -0.2) is 12.8 Å². The summed E-state index contributed by atoms with van der Waals surface area (Å²) in [6.07, 6.45) is -0.00625. The fraction of sp³-hybridized carbons (Fsp3) is 0.538. The van der Waals surface area contributed by atoms with E-state index in [-0.39, 0.29) is 28.8 Å². The Balaban J connectivity index is 2.33. The van der Waals surface area contributed by atoms with Crippen LogP contribution in [0.5, 0.6) is 5.75 Å². The normalized spacial score (nSPS) is 21.4. The second-order valence-corrected chi connectivity index (χ2v) is 7.12. The summed E-state index contributed by atoms with van der Waals surface area (Å²) in [6.45, 7) is 2.14. The van der Waals surface area contributed by atoms with Crippen LogP contribution in [0.1, 0.15) is 13.3 Å². The average Bonchev–Trinajstić information content (AvgIpc) is 2.88. The molecule has 0 spiro atoms. The highest BCUT2D eigenvalue weighted by atomic mass is 32.2. The van der Waals surface area contributed by atoms with E-state index in [0.717, 1.165) is 6.07 Å². The highest BCUT2D eigenvalue weighted by molar-refractivity contribution is 7.89. The van der Waals surface area contributed by atoms with Crippen LogP contribution in [-0.2, 0) is 10.0 Å². The Hall–Kier alpha value is -1.38. The summed E-state index contributed by atoms with van der Waals surface area (Å²) in [6, 6.07) is 2.09. The number of benzene rings is 1. The van der Waals surface area contributed by atoms with Crippen LogP contribution < -0.4 is 10.5 Å². The van der Waals surface area contributed by atoms with Gasteiger partial charge in [0.1, 0.15) is 0 Å². The molecule has 1 aromatic rings. The number of aliphatic hydroxyl groups is 1. The Morgan fingerprint density at radius 2 is 2.19 bits per heavy atom. The summed E-state index contributed by atoms with van der Waals surface area (Å²) in [5.74, 6) is -1.10.